The Morgan fingerprint density at radius 2 is 1.88 bits per heavy atom. The van der Waals surface area contributed by atoms with Crippen molar-refractivity contribution in [2.75, 3.05) is 46.3 Å². The van der Waals surface area contributed by atoms with Crippen molar-refractivity contribution in [3.8, 4) is 0 Å². The predicted octanol–water partition coefficient (Wildman–Crippen LogP) is -0.523. The molecule has 1 aliphatic heterocycles. The van der Waals surface area contributed by atoms with E-state index in [1.165, 1.54) is 0 Å². The third kappa shape index (κ3) is 6.00. The molecule has 0 atom stereocenters. The van der Waals surface area contributed by atoms with Gasteiger partial charge in [0.2, 0.25) is 5.91 Å². The third-order valence-corrected chi connectivity index (χ3v) is 3.24. The zero-order valence-electron chi connectivity index (χ0n) is 11.3. The number of amides is 1. The minimum absolute atomic E-state index is 0.196. The highest BCUT2D eigenvalue weighted by molar-refractivity contribution is 5.74. The van der Waals surface area contributed by atoms with Crippen LogP contribution in [0.2, 0.25) is 0 Å². The van der Waals surface area contributed by atoms with Gasteiger partial charge in [0.1, 0.15) is 0 Å². The van der Waals surface area contributed by atoms with Gasteiger partial charge in [0.05, 0.1) is 0 Å². The van der Waals surface area contributed by atoms with E-state index in [1.807, 2.05) is 13.8 Å². The van der Waals surface area contributed by atoms with Gasteiger partial charge in [0.15, 0.2) is 0 Å². The van der Waals surface area contributed by atoms with E-state index in [4.69, 9.17) is 5.73 Å². The SMILES string of the molecule is CN1CCN(CCNC(C)(C)CC(N)=O)CC1. The lowest BCUT2D eigenvalue weighted by Gasteiger charge is -2.33. The van der Waals surface area contributed by atoms with Crippen LogP contribution in [0.4, 0.5) is 0 Å². The number of nitrogens with one attached hydrogen (secondary N) is 1. The monoisotopic (exact) mass is 242 g/mol. The number of hydrogen-bond acceptors (Lipinski definition) is 4. The van der Waals surface area contributed by atoms with E-state index in [1.54, 1.807) is 0 Å². The molecule has 100 valence electrons. The van der Waals surface area contributed by atoms with E-state index < -0.39 is 0 Å². The highest BCUT2D eigenvalue weighted by Gasteiger charge is 2.20. The van der Waals surface area contributed by atoms with Crippen molar-refractivity contribution in [2.45, 2.75) is 25.8 Å². The molecule has 0 saturated carbocycles. The Morgan fingerprint density at radius 1 is 1.29 bits per heavy atom. The quantitative estimate of drug-likeness (QED) is 0.658. The molecule has 0 radical (unpaired) electrons. The maximum absolute atomic E-state index is 10.9. The number of primary amides is 1. The van der Waals surface area contributed by atoms with Crippen molar-refractivity contribution >= 4 is 5.91 Å². The topological polar surface area (TPSA) is 61.6 Å². The van der Waals surface area contributed by atoms with Crippen LogP contribution in [-0.4, -0.2) is 67.6 Å². The summed E-state index contributed by atoms with van der Waals surface area (Å²) in [6, 6.07) is 0. The minimum atomic E-state index is -0.248. The Bertz CT molecular complexity index is 247. The standard InChI is InChI=1S/C12H26N4O/c1-12(2,10-11(13)17)14-4-5-16-8-6-15(3)7-9-16/h14H,4-10H2,1-3H3,(H2,13,17). The molecule has 0 aromatic heterocycles. The Hall–Kier alpha value is -0.650. The number of nitrogens with two attached hydrogens (primary N) is 1. The van der Waals surface area contributed by atoms with E-state index >= 15 is 0 Å². The highest BCUT2D eigenvalue weighted by atomic mass is 16.1. The molecule has 1 rings (SSSR count). The number of rotatable bonds is 6. The summed E-state index contributed by atoms with van der Waals surface area (Å²) in [5.41, 5.74) is 5.02. The molecule has 3 N–H and O–H groups in total. The second kappa shape index (κ2) is 6.33. The summed E-state index contributed by atoms with van der Waals surface area (Å²) in [4.78, 5) is 15.7. The number of nitrogens with zero attached hydrogens (tertiary/aromatic N) is 2. The van der Waals surface area contributed by atoms with Gasteiger partial charge < -0.3 is 16.0 Å². The van der Waals surface area contributed by atoms with Gasteiger partial charge in [-0.15, -0.1) is 0 Å². The van der Waals surface area contributed by atoms with Crippen molar-refractivity contribution in [1.82, 2.24) is 15.1 Å². The molecular formula is C12H26N4O. The Labute approximate surface area is 104 Å². The second-order valence-electron chi connectivity index (χ2n) is 5.60. The lowest BCUT2D eigenvalue weighted by atomic mass is 10.0. The van der Waals surface area contributed by atoms with Crippen molar-refractivity contribution in [2.24, 2.45) is 5.73 Å². The van der Waals surface area contributed by atoms with Crippen LogP contribution in [0.5, 0.6) is 0 Å². The molecule has 1 heterocycles. The van der Waals surface area contributed by atoms with Gasteiger partial charge in [-0.3, -0.25) is 9.69 Å². The molecule has 5 nitrogen and oxygen atoms in total. The van der Waals surface area contributed by atoms with Crippen LogP contribution in [-0.2, 0) is 4.79 Å². The number of hydrogen-bond donors (Lipinski definition) is 2. The molecule has 1 saturated heterocycles. The zero-order chi connectivity index (χ0) is 12.9. The van der Waals surface area contributed by atoms with E-state index in [-0.39, 0.29) is 11.4 Å². The average molecular weight is 242 g/mol. The number of carbonyl (C=O) groups excluding carboxylic acids is 1. The first kappa shape index (κ1) is 14.4. The summed E-state index contributed by atoms with van der Waals surface area (Å²) in [7, 11) is 2.16. The fraction of sp³-hybridized carbons (Fsp3) is 0.917. The molecule has 1 aliphatic rings. The van der Waals surface area contributed by atoms with Crippen LogP contribution in [0.25, 0.3) is 0 Å². The van der Waals surface area contributed by atoms with Gasteiger partial charge in [-0.05, 0) is 20.9 Å². The second-order valence-corrected chi connectivity index (χ2v) is 5.60. The van der Waals surface area contributed by atoms with E-state index in [9.17, 15) is 4.79 Å². The van der Waals surface area contributed by atoms with E-state index in [0.29, 0.717) is 6.42 Å². The molecule has 0 unspecified atom stereocenters. The van der Waals surface area contributed by atoms with E-state index in [0.717, 1.165) is 39.3 Å². The summed E-state index contributed by atoms with van der Waals surface area (Å²) in [5.74, 6) is -0.248. The Balaban J connectivity index is 2.16. The molecule has 17 heavy (non-hydrogen) atoms. The fourth-order valence-corrected chi connectivity index (χ4v) is 2.12. The number of carbonyl (C=O) groups is 1. The van der Waals surface area contributed by atoms with Gasteiger partial charge in [0.25, 0.3) is 0 Å². The van der Waals surface area contributed by atoms with Crippen LogP contribution < -0.4 is 11.1 Å². The lowest BCUT2D eigenvalue weighted by molar-refractivity contribution is -0.119. The lowest BCUT2D eigenvalue weighted by Crippen LogP contribution is -2.49. The summed E-state index contributed by atoms with van der Waals surface area (Å²) >= 11 is 0. The first-order valence-corrected chi connectivity index (χ1v) is 6.33. The van der Waals surface area contributed by atoms with Gasteiger partial charge in [-0.25, -0.2) is 0 Å². The summed E-state index contributed by atoms with van der Waals surface area (Å²) in [6.45, 7) is 10.5. The summed E-state index contributed by atoms with van der Waals surface area (Å²) in [6.07, 6.45) is 0.385. The number of piperazine rings is 1. The molecule has 1 fully saturated rings. The molecule has 0 bridgehead atoms. The molecule has 5 heteroatoms. The fourth-order valence-electron chi connectivity index (χ4n) is 2.12. The van der Waals surface area contributed by atoms with Crippen molar-refractivity contribution < 1.29 is 4.79 Å². The largest absolute Gasteiger partial charge is 0.370 e. The van der Waals surface area contributed by atoms with Crippen LogP contribution in [0.15, 0.2) is 0 Å². The van der Waals surface area contributed by atoms with Gasteiger partial charge >= 0.3 is 0 Å². The highest BCUT2D eigenvalue weighted by Crippen LogP contribution is 2.07. The molecule has 0 aliphatic carbocycles. The smallest absolute Gasteiger partial charge is 0.219 e. The molecular weight excluding hydrogens is 216 g/mol. The predicted molar refractivity (Wildman–Crippen MR) is 69.8 cm³/mol. The Morgan fingerprint density at radius 3 is 2.41 bits per heavy atom. The minimum Gasteiger partial charge on any atom is -0.370 e. The van der Waals surface area contributed by atoms with Crippen molar-refractivity contribution in [3.05, 3.63) is 0 Å². The van der Waals surface area contributed by atoms with Crippen molar-refractivity contribution in [1.29, 1.82) is 0 Å². The summed E-state index contributed by atoms with van der Waals surface area (Å²) < 4.78 is 0. The summed E-state index contributed by atoms with van der Waals surface area (Å²) in [5, 5.41) is 3.39. The first-order valence-electron chi connectivity index (χ1n) is 6.33. The molecule has 0 aromatic carbocycles. The Kier molecular flexibility index (Phi) is 5.36. The van der Waals surface area contributed by atoms with Gasteiger partial charge in [0, 0.05) is 51.2 Å². The zero-order valence-corrected chi connectivity index (χ0v) is 11.3. The maximum atomic E-state index is 10.9. The molecule has 1 amide bonds. The van der Waals surface area contributed by atoms with Crippen molar-refractivity contribution in [3.63, 3.8) is 0 Å². The third-order valence-electron chi connectivity index (χ3n) is 3.24. The van der Waals surface area contributed by atoms with Crippen LogP contribution in [0.3, 0.4) is 0 Å². The van der Waals surface area contributed by atoms with Crippen LogP contribution in [0, 0.1) is 0 Å². The van der Waals surface area contributed by atoms with Gasteiger partial charge in [-0.2, -0.15) is 0 Å². The van der Waals surface area contributed by atoms with Crippen LogP contribution >= 0.6 is 0 Å². The molecule has 0 aromatic rings. The van der Waals surface area contributed by atoms with Gasteiger partial charge in [-0.1, -0.05) is 0 Å². The first-order chi connectivity index (χ1) is 7.89. The number of likely N-dealkylation sites (N-methyl/N-ethyl adjacent to an activating group) is 1. The van der Waals surface area contributed by atoms with Crippen LogP contribution in [0.1, 0.15) is 20.3 Å². The average Bonchev–Trinajstić information content (AvgIpc) is 2.18. The van der Waals surface area contributed by atoms with E-state index in [2.05, 4.69) is 22.2 Å². The maximum Gasteiger partial charge on any atom is 0.219 e. The normalized spacial score (nSPS) is 19.5. The molecule has 0 spiro atoms.